The van der Waals surface area contributed by atoms with Crippen LogP contribution in [0.4, 0.5) is 4.39 Å². The maximum Gasteiger partial charge on any atom is 0.267 e. The largest absolute Gasteiger partial charge is 0.350 e. The van der Waals surface area contributed by atoms with Crippen LogP contribution >= 0.6 is 11.3 Å². The maximum absolute atomic E-state index is 13.0. The summed E-state index contributed by atoms with van der Waals surface area (Å²) in [5.74, 6) is -0.670. The van der Waals surface area contributed by atoms with Crippen LogP contribution < -0.4 is 10.9 Å². The number of hydrogen-bond acceptors (Lipinski definition) is 5. The van der Waals surface area contributed by atoms with Gasteiger partial charge in [-0.05, 0) is 44.2 Å². The summed E-state index contributed by atoms with van der Waals surface area (Å²) >= 11 is 1.53. The molecule has 0 spiro atoms. The van der Waals surface area contributed by atoms with Crippen molar-refractivity contribution < 1.29 is 9.18 Å². The van der Waals surface area contributed by atoms with E-state index in [0.29, 0.717) is 17.8 Å². The van der Waals surface area contributed by atoms with E-state index in [-0.39, 0.29) is 23.8 Å². The van der Waals surface area contributed by atoms with Crippen molar-refractivity contribution in [3.8, 4) is 11.3 Å². The second-order valence-corrected chi connectivity index (χ2v) is 7.03. The highest BCUT2D eigenvalue weighted by Gasteiger charge is 2.10. The second kappa shape index (κ2) is 7.57. The summed E-state index contributed by atoms with van der Waals surface area (Å²) < 4.78 is 14.1. The van der Waals surface area contributed by atoms with Gasteiger partial charge in [0, 0.05) is 16.5 Å². The van der Waals surface area contributed by atoms with E-state index in [0.717, 1.165) is 20.3 Å². The predicted molar refractivity (Wildman–Crippen MR) is 97.3 cm³/mol. The molecule has 1 N–H and O–H groups in total. The molecule has 2 aromatic heterocycles. The van der Waals surface area contributed by atoms with Gasteiger partial charge in [-0.1, -0.05) is 0 Å². The zero-order valence-electron chi connectivity index (χ0n) is 14.3. The predicted octanol–water partition coefficient (Wildman–Crippen LogP) is 2.44. The van der Waals surface area contributed by atoms with Crippen molar-refractivity contribution in [3.05, 3.63) is 68.1 Å². The average Bonchev–Trinajstić information content (AvgIpc) is 2.93. The molecule has 3 aromatic rings. The van der Waals surface area contributed by atoms with Crippen LogP contribution in [0.3, 0.4) is 0 Å². The molecule has 8 heteroatoms. The standard InChI is InChI=1S/C18H17FN4O2S/c1-11-16(26-12(2)21-11)9-20-17(24)10-23-18(25)8-7-15(22-23)13-3-5-14(19)6-4-13/h3-8H,9-10H2,1-2H3,(H,20,24). The number of hydrogen-bond donors (Lipinski definition) is 1. The summed E-state index contributed by atoms with van der Waals surface area (Å²) in [5.41, 5.74) is 1.67. The van der Waals surface area contributed by atoms with Gasteiger partial charge in [0.1, 0.15) is 12.4 Å². The molecule has 134 valence electrons. The lowest BCUT2D eigenvalue weighted by Crippen LogP contribution is -2.33. The number of nitrogens with zero attached hydrogens (tertiary/aromatic N) is 3. The van der Waals surface area contributed by atoms with Gasteiger partial charge in [0.2, 0.25) is 5.91 Å². The topological polar surface area (TPSA) is 76.9 Å². The lowest BCUT2D eigenvalue weighted by atomic mass is 10.1. The molecule has 1 amide bonds. The molecular weight excluding hydrogens is 355 g/mol. The normalized spacial score (nSPS) is 10.7. The molecular formula is C18H17FN4O2S. The first kappa shape index (κ1) is 17.9. The van der Waals surface area contributed by atoms with Crippen molar-refractivity contribution in [1.82, 2.24) is 20.1 Å². The number of nitrogens with one attached hydrogen (secondary N) is 1. The third-order valence-electron chi connectivity index (χ3n) is 3.75. The Morgan fingerprint density at radius 2 is 1.92 bits per heavy atom. The van der Waals surface area contributed by atoms with Crippen LogP contribution in [0.1, 0.15) is 15.6 Å². The van der Waals surface area contributed by atoms with Gasteiger partial charge in [-0.2, -0.15) is 5.10 Å². The SMILES string of the molecule is Cc1nc(C)c(CNC(=O)Cn2nc(-c3ccc(F)cc3)ccc2=O)s1. The van der Waals surface area contributed by atoms with E-state index in [4.69, 9.17) is 0 Å². The maximum atomic E-state index is 13.0. The van der Waals surface area contributed by atoms with Crippen molar-refractivity contribution >= 4 is 17.2 Å². The minimum atomic E-state index is -0.379. The number of halogens is 1. The molecule has 26 heavy (non-hydrogen) atoms. The molecule has 0 atom stereocenters. The molecule has 6 nitrogen and oxygen atoms in total. The van der Waals surface area contributed by atoms with Gasteiger partial charge in [-0.3, -0.25) is 9.59 Å². The molecule has 0 aliphatic rings. The van der Waals surface area contributed by atoms with Crippen molar-refractivity contribution in [2.75, 3.05) is 0 Å². The quantitative estimate of drug-likeness (QED) is 0.746. The molecule has 2 heterocycles. The highest BCUT2D eigenvalue weighted by atomic mass is 32.1. The number of carbonyl (C=O) groups is 1. The monoisotopic (exact) mass is 372 g/mol. The fourth-order valence-electron chi connectivity index (χ4n) is 2.45. The van der Waals surface area contributed by atoms with Gasteiger partial charge in [-0.15, -0.1) is 11.3 Å². The Bertz CT molecular complexity index is 995. The van der Waals surface area contributed by atoms with E-state index >= 15 is 0 Å². The Morgan fingerprint density at radius 1 is 1.19 bits per heavy atom. The highest BCUT2D eigenvalue weighted by Crippen LogP contribution is 2.17. The fourth-order valence-corrected chi connectivity index (χ4v) is 3.32. The van der Waals surface area contributed by atoms with Crippen molar-refractivity contribution in [3.63, 3.8) is 0 Å². The smallest absolute Gasteiger partial charge is 0.267 e. The van der Waals surface area contributed by atoms with Crippen LogP contribution in [0.25, 0.3) is 11.3 Å². The van der Waals surface area contributed by atoms with E-state index in [1.165, 1.54) is 29.5 Å². The van der Waals surface area contributed by atoms with Gasteiger partial charge < -0.3 is 5.32 Å². The van der Waals surface area contributed by atoms with Crippen molar-refractivity contribution in [1.29, 1.82) is 0 Å². The third-order valence-corrected chi connectivity index (χ3v) is 4.82. The van der Waals surface area contributed by atoms with Crippen LogP contribution in [0.15, 0.2) is 41.2 Å². The minimum absolute atomic E-state index is 0.190. The molecule has 0 saturated carbocycles. The molecule has 1 aromatic carbocycles. The summed E-state index contributed by atoms with van der Waals surface area (Å²) in [6.45, 7) is 3.98. The van der Waals surface area contributed by atoms with Gasteiger partial charge in [0.15, 0.2) is 0 Å². The molecule has 0 saturated heterocycles. The second-order valence-electron chi connectivity index (χ2n) is 5.74. The summed E-state index contributed by atoms with van der Waals surface area (Å²) in [5, 5.41) is 7.92. The zero-order chi connectivity index (χ0) is 18.7. The molecule has 0 radical (unpaired) electrons. The summed E-state index contributed by atoms with van der Waals surface area (Å²) in [7, 11) is 0. The van der Waals surface area contributed by atoms with Crippen LogP contribution in [0.5, 0.6) is 0 Å². The van der Waals surface area contributed by atoms with Gasteiger partial charge in [-0.25, -0.2) is 14.1 Å². The number of aryl methyl sites for hydroxylation is 2. The Balaban J connectivity index is 1.71. The first-order chi connectivity index (χ1) is 12.4. The Kier molecular flexibility index (Phi) is 5.22. The van der Waals surface area contributed by atoms with Gasteiger partial charge >= 0.3 is 0 Å². The lowest BCUT2D eigenvalue weighted by molar-refractivity contribution is -0.122. The highest BCUT2D eigenvalue weighted by molar-refractivity contribution is 7.11. The van der Waals surface area contributed by atoms with E-state index in [1.54, 1.807) is 18.2 Å². The Morgan fingerprint density at radius 3 is 2.58 bits per heavy atom. The third kappa shape index (κ3) is 4.20. The number of carbonyl (C=O) groups excluding carboxylic acids is 1. The first-order valence-electron chi connectivity index (χ1n) is 7.96. The van der Waals surface area contributed by atoms with Crippen molar-refractivity contribution in [2.45, 2.75) is 26.9 Å². The number of benzene rings is 1. The summed E-state index contributed by atoms with van der Waals surface area (Å²) in [4.78, 5) is 29.4. The van der Waals surface area contributed by atoms with Gasteiger partial charge in [0.25, 0.3) is 5.56 Å². The average molecular weight is 372 g/mol. The number of rotatable bonds is 5. The summed E-state index contributed by atoms with van der Waals surface area (Å²) in [6.07, 6.45) is 0. The molecule has 0 unspecified atom stereocenters. The van der Waals surface area contributed by atoms with E-state index in [2.05, 4.69) is 15.4 Å². The van der Waals surface area contributed by atoms with Crippen LogP contribution in [-0.2, 0) is 17.9 Å². The van der Waals surface area contributed by atoms with E-state index in [9.17, 15) is 14.0 Å². The van der Waals surface area contributed by atoms with Crippen LogP contribution in [0, 0.1) is 19.7 Å². The fraction of sp³-hybridized carbons (Fsp3) is 0.222. The molecule has 3 rings (SSSR count). The molecule has 0 aliphatic carbocycles. The van der Waals surface area contributed by atoms with Gasteiger partial charge in [0.05, 0.1) is 22.9 Å². The lowest BCUT2D eigenvalue weighted by Gasteiger charge is -2.08. The zero-order valence-corrected chi connectivity index (χ0v) is 15.1. The molecule has 0 fully saturated rings. The molecule has 0 aliphatic heterocycles. The summed E-state index contributed by atoms with van der Waals surface area (Å²) in [6, 6.07) is 8.67. The number of thiazole rings is 1. The Hall–Kier alpha value is -2.87. The van der Waals surface area contributed by atoms with E-state index < -0.39 is 0 Å². The number of amides is 1. The van der Waals surface area contributed by atoms with Crippen LogP contribution in [-0.4, -0.2) is 20.7 Å². The number of aromatic nitrogens is 3. The minimum Gasteiger partial charge on any atom is -0.350 e. The first-order valence-corrected chi connectivity index (χ1v) is 8.78. The Labute approximate surface area is 153 Å². The molecule has 0 bridgehead atoms. The van der Waals surface area contributed by atoms with Crippen LogP contribution in [0.2, 0.25) is 0 Å². The van der Waals surface area contributed by atoms with Crippen molar-refractivity contribution in [2.24, 2.45) is 0 Å². The van der Waals surface area contributed by atoms with E-state index in [1.807, 2.05) is 13.8 Å².